The third-order valence-electron chi connectivity index (χ3n) is 7.27. The van der Waals surface area contributed by atoms with Crippen LogP contribution in [0.2, 0.25) is 0 Å². The summed E-state index contributed by atoms with van der Waals surface area (Å²) in [6.07, 6.45) is 4.81. The van der Waals surface area contributed by atoms with Crippen LogP contribution >= 0.6 is 0 Å². The maximum atomic E-state index is 12.9. The number of carboxylic acids is 1. The van der Waals surface area contributed by atoms with Crippen LogP contribution in [0.25, 0.3) is 0 Å². The first kappa shape index (κ1) is 26.1. The second-order valence-corrected chi connectivity index (χ2v) is 10.1. The van der Waals surface area contributed by atoms with Crippen molar-refractivity contribution in [1.29, 1.82) is 0 Å². The predicted molar refractivity (Wildman–Crippen MR) is 133 cm³/mol. The smallest absolute Gasteiger partial charge is 0.335 e. The summed E-state index contributed by atoms with van der Waals surface area (Å²) in [7, 11) is 0. The van der Waals surface area contributed by atoms with Gasteiger partial charge < -0.3 is 14.9 Å². The summed E-state index contributed by atoms with van der Waals surface area (Å²) in [5.74, 6) is -0.800. The van der Waals surface area contributed by atoms with Gasteiger partial charge in [-0.1, -0.05) is 70.0 Å². The van der Waals surface area contributed by atoms with Gasteiger partial charge >= 0.3 is 5.97 Å². The number of carboxylic acid groups (broad SMARTS) is 1. The van der Waals surface area contributed by atoms with Crippen molar-refractivity contribution in [2.45, 2.75) is 83.3 Å². The summed E-state index contributed by atoms with van der Waals surface area (Å²) in [4.78, 5) is 24.1. The number of aromatic carboxylic acids is 1. The third kappa shape index (κ3) is 6.34. The molecule has 2 aromatic carbocycles. The molecule has 0 spiro atoms. The van der Waals surface area contributed by atoms with Gasteiger partial charge in [0, 0.05) is 17.8 Å². The molecule has 2 N–H and O–H groups in total. The van der Waals surface area contributed by atoms with Gasteiger partial charge in [0.25, 0.3) is 0 Å². The fraction of sp³-hybridized carbons (Fsp3) is 0.517. The minimum atomic E-state index is -0.954. The standard InChI is InChI=1S/C29H38O5/c1-4-5-12-26(31)29(2,3)24-15-13-21(14-16-24)27-23(10-7-11-25(27)30)19-34-18-20-8-6-9-22(17-20)28(32)33/h6,8-9,13-17,23,26-27,31H,4-5,7,10-12,18-19H2,1-3H3,(H,32,33). The van der Waals surface area contributed by atoms with Gasteiger partial charge in [0.15, 0.2) is 0 Å². The minimum absolute atomic E-state index is 0.0953. The van der Waals surface area contributed by atoms with Crippen LogP contribution < -0.4 is 0 Å². The molecular weight excluding hydrogens is 428 g/mol. The quantitative estimate of drug-likeness (QED) is 0.432. The molecule has 3 atom stereocenters. The van der Waals surface area contributed by atoms with Crippen LogP contribution in [-0.2, 0) is 21.6 Å². The molecule has 5 heteroatoms. The zero-order valence-corrected chi connectivity index (χ0v) is 20.6. The molecule has 5 nitrogen and oxygen atoms in total. The Morgan fingerprint density at radius 1 is 1.18 bits per heavy atom. The summed E-state index contributed by atoms with van der Waals surface area (Å²) in [5, 5.41) is 19.9. The second-order valence-electron chi connectivity index (χ2n) is 10.1. The number of carbonyl (C=O) groups is 2. The SMILES string of the molecule is CCCCC(O)C(C)(C)c1ccc(C2C(=O)CCCC2COCc2cccc(C(=O)O)c2)cc1. The Hall–Kier alpha value is -2.50. The Kier molecular flexibility index (Phi) is 9.03. The summed E-state index contributed by atoms with van der Waals surface area (Å²) in [6, 6.07) is 15.0. The Morgan fingerprint density at radius 3 is 2.59 bits per heavy atom. The van der Waals surface area contributed by atoms with E-state index in [1.54, 1.807) is 18.2 Å². The Morgan fingerprint density at radius 2 is 1.91 bits per heavy atom. The van der Waals surface area contributed by atoms with Crippen LogP contribution in [0, 0.1) is 5.92 Å². The monoisotopic (exact) mass is 466 g/mol. The van der Waals surface area contributed by atoms with Crippen molar-refractivity contribution in [3.05, 3.63) is 70.8 Å². The molecule has 1 aliphatic carbocycles. The number of ether oxygens (including phenoxy) is 1. The Labute approximate surface area is 203 Å². The maximum absolute atomic E-state index is 12.9. The van der Waals surface area contributed by atoms with Gasteiger partial charge in [0.1, 0.15) is 5.78 Å². The zero-order chi connectivity index (χ0) is 24.7. The number of hydrogen-bond acceptors (Lipinski definition) is 4. The first-order valence-corrected chi connectivity index (χ1v) is 12.4. The highest BCUT2D eigenvalue weighted by Crippen LogP contribution is 2.37. The molecule has 0 amide bonds. The van der Waals surface area contributed by atoms with E-state index in [9.17, 15) is 19.8 Å². The van der Waals surface area contributed by atoms with E-state index in [1.165, 1.54) is 0 Å². The van der Waals surface area contributed by atoms with Crippen molar-refractivity contribution in [2.24, 2.45) is 5.92 Å². The van der Waals surface area contributed by atoms with Crippen molar-refractivity contribution < 1.29 is 24.5 Å². The molecule has 3 unspecified atom stereocenters. The third-order valence-corrected chi connectivity index (χ3v) is 7.27. The van der Waals surface area contributed by atoms with E-state index in [0.717, 1.165) is 48.8 Å². The fourth-order valence-corrected chi connectivity index (χ4v) is 4.95. The molecule has 34 heavy (non-hydrogen) atoms. The lowest BCUT2D eigenvalue weighted by Crippen LogP contribution is -2.34. The van der Waals surface area contributed by atoms with Gasteiger partial charge in [0.2, 0.25) is 0 Å². The number of unbranched alkanes of at least 4 members (excludes halogenated alkanes) is 1. The predicted octanol–water partition coefficient (Wildman–Crippen LogP) is 5.88. The lowest BCUT2D eigenvalue weighted by atomic mass is 9.73. The molecule has 0 bridgehead atoms. The normalized spacial score (nSPS) is 19.7. The molecule has 0 radical (unpaired) electrons. The summed E-state index contributed by atoms with van der Waals surface area (Å²) in [6.45, 7) is 7.05. The summed E-state index contributed by atoms with van der Waals surface area (Å²) < 4.78 is 5.96. The van der Waals surface area contributed by atoms with Crippen molar-refractivity contribution >= 4 is 11.8 Å². The van der Waals surface area contributed by atoms with Crippen LogP contribution in [0.5, 0.6) is 0 Å². The van der Waals surface area contributed by atoms with Gasteiger partial charge in [-0.15, -0.1) is 0 Å². The van der Waals surface area contributed by atoms with Crippen molar-refractivity contribution in [2.75, 3.05) is 6.61 Å². The molecule has 0 aliphatic heterocycles. The zero-order valence-electron chi connectivity index (χ0n) is 20.6. The number of rotatable bonds is 11. The van der Waals surface area contributed by atoms with Crippen LogP contribution in [0.4, 0.5) is 0 Å². The molecule has 0 saturated heterocycles. The average molecular weight is 467 g/mol. The molecule has 1 aliphatic rings. The highest BCUT2D eigenvalue weighted by atomic mass is 16.5. The first-order chi connectivity index (χ1) is 16.2. The van der Waals surface area contributed by atoms with Crippen molar-refractivity contribution in [3.63, 3.8) is 0 Å². The van der Waals surface area contributed by atoms with E-state index in [2.05, 4.69) is 32.9 Å². The van der Waals surface area contributed by atoms with Crippen LogP contribution in [0.3, 0.4) is 0 Å². The fourth-order valence-electron chi connectivity index (χ4n) is 4.95. The topological polar surface area (TPSA) is 83.8 Å². The largest absolute Gasteiger partial charge is 0.478 e. The molecule has 184 valence electrons. The molecule has 2 aromatic rings. The number of hydrogen-bond donors (Lipinski definition) is 2. The highest BCUT2D eigenvalue weighted by Gasteiger charge is 2.34. The number of aliphatic hydroxyl groups is 1. The van der Waals surface area contributed by atoms with Gasteiger partial charge in [-0.25, -0.2) is 4.79 Å². The van der Waals surface area contributed by atoms with E-state index in [4.69, 9.17) is 4.74 Å². The number of benzene rings is 2. The van der Waals surface area contributed by atoms with E-state index >= 15 is 0 Å². The molecule has 1 fully saturated rings. The van der Waals surface area contributed by atoms with E-state index in [-0.39, 0.29) is 28.6 Å². The van der Waals surface area contributed by atoms with E-state index in [0.29, 0.717) is 19.6 Å². The first-order valence-electron chi connectivity index (χ1n) is 12.4. The lowest BCUT2D eigenvalue weighted by Gasteiger charge is -2.33. The van der Waals surface area contributed by atoms with Gasteiger partial charge in [-0.2, -0.15) is 0 Å². The molecule has 0 aromatic heterocycles. The lowest BCUT2D eigenvalue weighted by molar-refractivity contribution is -0.124. The Bertz CT molecular complexity index is 963. The van der Waals surface area contributed by atoms with Crippen LogP contribution in [0.1, 0.15) is 92.3 Å². The average Bonchev–Trinajstić information content (AvgIpc) is 2.83. The van der Waals surface area contributed by atoms with Crippen LogP contribution in [0.15, 0.2) is 48.5 Å². The van der Waals surface area contributed by atoms with E-state index < -0.39 is 12.1 Å². The number of Topliss-reactive ketones (excluding diaryl/α,β-unsaturated/α-hetero) is 1. The molecule has 1 saturated carbocycles. The van der Waals surface area contributed by atoms with Crippen molar-refractivity contribution in [1.82, 2.24) is 0 Å². The number of carbonyl (C=O) groups excluding carboxylic acids is 1. The maximum Gasteiger partial charge on any atom is 0.335 e. The second kappa shape index (κ2) is 11.8. The highest BCUT2D eigenvalue weighted by molar-refractivity contribution is 5.87. The Balaban J connectivity index is 1.68. The van der Waals surface area contributed by atoms with Crippen molar-refractivity contribution in [3.8, 4) is 0 Å². The summed E-state index contributed by atoms with van der Waals surface area (Å²) >= 11 is 0. The molecule has 3 rings (SSSR count). The van der Waals surface area contributed by atoms with Gasteiger partial charge in [-0.05, 0) is 54.0 Å². The molecular formula is C29H38O5. The molecule has 0 heterocycles. The van der Waals surface area contributed by atoms with E-state index in [1.807, 2.05) is 18.2 Å². The van der Waals surface area contributed by atoms with Gasteiger partial charge in [-0.3, -0.25) is 4.79 Å². The minimum Gasteiger partial charge on any atom is -0.478 e. The van der Waals surface area contributed by atoms with Gasteiger partial charge in [0.05, 0.1) is 24.9 Å². The summed E-state index contributed by atoms with van der Waals surface area (Å²) in [5.41, 5.74) is 2.79. The number of ketones is 1. The van der Waals surface area contributed by atoms with Crippen LogP contribution in [-0.4, -0.2) is 34.7 Å². The number of aliphatic hydroxyl groups excluding tert-OH is 1.